The topological polar surface area (TPSA) is 51.8 Å². The first-order valence-corrected chi connectivity index (χ1v) is 18.4. The van der Waals surface area contributed by atoms with Gasteiger partial charge in [0, 0.05) is 38.6 Å². The van der Waals surface area contributed by atoms with E-state index in [-0.39, 0.29) is 0 Å². The Hall–Kier alpha value is -7.43. The Morgan fingerprint density at radius 1 is 0.273 bits per heavy atom. The Morgan fingerprint density at radius 3 is 1.04 bits per heavy atom. The van der Waals surface area contributed by atoms with Crippen LogP contribution in [0.4, 0.5) is 0 Å². The molecule has 10 aromatic rings. The van der Waals surface area contributed by atoms with Crippen molar-refractivity contribution in [3.63, 3.8) is 0 Å². The third-order valence-corrected chi connectivity index (χ3v) is 10.2. The Morgan fingerprint density at radius 2 is 0.618 bits per heavy atom. The molecular weight excluding hydrogens is 671 g/mol. The molecule has 0 aliphatic heterocycles. The summed E-state index contributed by atoms with van der Waals surface area (Å²) >= 11 is 0. The van der Waals surface area contributed by atoms with Crippen LogP contribution < -0.4 is 0 Å². The molecule has 0 atom stereocenters. The molecule has 0 aliphatic carbocycles. The molecule has 0 N–H and O–H groups in total. The Labute approximate surface area is 319 Å². The Kier molecular flexibility index (Phi) is 8.12. The maximum atomic E-state index is 6.93. The minimum Gasteiger partial charge on any atom is -0.455 e. The van der Waals surface area contributed by atoms with Crippen LogP contribution in [0.25, 0.3) is 101 Å². The molecule has 0 unspecified atom stereocenters. The highest BCUT2D eigenvalue weighted by molar-refractivity contribution is 6.13. The van der Waals surface area contributed by atoms with Crippen LogP contribution in [0.15, 0.2) is 205 Å². The van der Waals surface area contributed by atoms with Crippen molar-refractivity contribution >= 4 is 21.9 Å². The molecule has 2 aromatic heterocycles. The summed E-state index contributed by atoms with van der Waals surface area (Å²) in [5, 5.41) is 2.17. The van der Waals surface area contributed by atoms with Gasteiger partial charge in [-0.05, 0) is 45.5 Å². The summed E-state index contributed by atoms with van der Waals surface area (Å²) in [6, 6.07) is 69.1. The highest BCUT2D eigenvalue weighted by Gasteiger charge is 2.23. The number of furan rings is 1. The molecule has 0 aliphatic rings. The summed E-state index contributed by atoms with van der Waals surface area (Å²) in [7, 11) is 0. The molecular formula is C51H33N3O. The lowest BCUT2D eigenvalue weighted by molar-refractivity contribution is 0.671. The normalized spacial score (nSPS) is 11.3. The number of aromatic nitrogens is 3. The second-order valence-electron chi connectivity index (χ2n) is 13.5. The fraction of sp³-hybridized carbons (Fsp3) is 0. The molecule has 10 rings (SSSR count). The first-order chi connectivity index (χ1) is 27.3. The number of benzene rings is 8. The molecule has 258 valence electrons. The summed E-state index contributed by atoms with van der Waals surface area (Å²) in [5.41, 5.74) is 12.9. The van der Waals surface area contributed by atoms with Crippen molar-refractivity contribution in [2.75, 3.05) is 0 Å². The zero-order valence-corrected chi connectivity index (χ0v) is 29.8. The molecule has 2 heterocycles. The number of hydrogen-bond acceptors (Lipinski definition) is 4. The molecule has 4 heteroatoms. The Bertz CT molecular complexity index is 2820. The molecule has 0 saturated carbocycles. The molecule has 4 nitrogen and oxygen atoms in total. The second kappa shape index (κ2) is 13.8. The van der Waals surface area contributed by atoms with Gasteiger partial charge in [0.05, 0.1) is 0 Å². The first-order valence-electron chi connectivity index (χ1n) is 18.4. The van der Waals surface area contributed by atoms with Crippen LogP contribution in [0.5, 0.6) is 0 Å². The van der Waals surface area contributed by atoms with Crippen LogP contribution in [0.1, 0.15) is 0 Å². The van der Waals surface area contributed by atoms with Crippen LogP contribution in [-0.4, -0.2) is 15.0 Å². The van der Waals surface area contributed by atoms with Crippen LogP contribution >= 0.6 is 0 Å². The van der Waals surface area contributed by atoms with E-state index in [0.717, 1.165) is 83.1 Å². The van der Waals surface area contributed by atoms with Crippen molar-refractivity contribution in [3.05, 3.63) is 200 Å². The number of fused-ring (bicyclic) bond motifs is 3. The van der Waals surface area contributed by atoms with Crippen molar-refractivity contribution in [1.82, 2.24) is 15.0 Å². The summed E-state index contributed by atoms with van der Waals surface area (Å²) in [5.74, 6) is 1.84. The number of para-hydroxylation sites is 2. The van der Waals surface area contributed by atoms with E-state index in [2.05, 4.69) is 133 Å². The largest absolute Gasteiger partial charge is 0.455 e. The van der Waals surface area contributed by atoms with E-state index in [1.807, 2.05) is 66.7 Å². The lowest BCUT2D eigenvalue weighted by Gasteiger charge is -2.19. The fourth-order valence-corrected chi connectivity index (χ4v) is 7.54. The monoisotopic (exact) mass is 703 g/mol. The van der Waals surface area contributed by atoms with Crippen molar-refractivity contribution in [1.29, 1.82) is 0 Å². The lowest BCUT2D eigenvalue weighted by atomic mass is 9.87. The summed E-state index contributed by atoms with van der Waals surface area (Å²) in [6.45, 7) is 0. The average molecular weight is 704 g/mol. The standard InChI is InChI=1S/C51H33N3O/c1-6-18-34(19-7-1)40-28-16-30-42-43-31-17-29-41(48(43)55-47(40)42)39-32-44(35-20-8-2-9-21-35)46(45(33-39)36-22-10-3-11-23-36)51-53-49(37-24-12-4-13-25-37)52-50(54-51)38-26-14-5-15-27-38/h1-33H. The van der Waals surface area contributed by atoms with Crippen LogP contribution in [0.3, 0.4) is 0 Å². The fourth-order valence-electron chi connectivity index (χ4n) is 7.54. The summed E-state index contributed by atoms with van der Waals surface area (Å²) < 4.78 is 6.93. The zero-order chi connectivity index (χ0) is 36.6. The van der Waals surface area contributed by atoms with Gasteiger partial charge < -0.3 is 4.42 Å². The molecule has 0 radical (unpaired) electrons. The highest BCUT2D eigenvalue weighted by atomic mass is 16.3. The maximum Gasteiger partial charge on any atom is 0.165 e. The average Bonchev–Trinajstić information content (AvgIpc) is 3.67. The van der Waals surface area contributed by atoms with Gasteiger partial charge in [-0.15, -0.1) is 0 Å². The Balaban J connectivity index is 1.28. The summed E-state index contributed by atoms with van der Waals surface area (Å²) in [4.78, 5) is 15.5. The van der Waals surface area contributed by atoms with Crippen LogP contribution in [0.2, 0.25) is 0 Å². The highest BCUT2D eigenvalue weighted by Crippen LogP contribution is 2.46. The summed E-state index contributed by atoms with van der Waals surface area (Å²) in [6.07, 6.45) is 0. The van der Waals surface area contributed by atoms with Crippen molar-refractivity contribution in [2.45, 2.75) is 0 Å². The molecule has 55 heavy (non-hydrogen) atoms. The van der Waals surface area contributed by atoms with E-state index < -0.39 is 0 Å². The van der Waals surface area contributed by atoms with E-state index >= 15 is 0 Å². The second-order valence-corrected chi connectivity index (χ2v) is 13.5. The predicted octanol–water partition coefficient (Wildman–Crippen LogP) is 13.4. The quantitative estimate of drug-likeness (QED) is 0.166. The third kappa shape index (κ3) is 5.96. The van der Waals surface area contributed by atoms with Gasteiger partial charge in [-0.2, -0.15) is 0 Å². The van der Waals surface area contributed by atoms with E-state index in [1.54, 1.807) is 0 Å². The van der Waals surface area contributed by atoms with E-state index in [1.165, 1.54) is 0 Å². The van der Waals surface area contributed by atoms with Gasteiger partial charge in [0.1, 0.15) is 11.2 Å². The van der Waals surface area contributed by atoms with E-state index in [4.69, 9.17) is 19.4 Å². The van der Waals surface area contributed by atoms with Gasteiger partial charge in [-0.25, -0.2) is 15.0 Å². The van der Waals surface area contributed by atoms with Gasteiger partial charge in [-0.3, -0.25) is 0 Å². The van der Waals surface area contributed by atoms with Crippen LogP contribution in [0, 0.1) is 0 Å². The number of hydrogen-bond donors (Lipinski definition) is 0. The number of rotatable bonds is 7. The third-order valence-electron chi connectivity index (χ3n) is 10.2. The molecule has 8 aromatic carbocycles. The SMILES string of the molecule is c1ccc(-c2nc(-c3ccccc3)nc(-c3c(-c4ccccc4)cc(-c4cccc5c4oc4c(-c6ccccc6)cccc45)cc3-c3ccccc3)n2)cc1. The smallest absolute Gasteiger partial charge is 0.165 e. The zero-order valence-electron chi connectivity index (χ0n) is 29.8. The van der Waals surface area contributed by atoms with Crippen LogP contribution in [-0.2, 0) is 0 Å². The minimum absolute atomic E-state index is 0.603. The van der Waals surface area contributed by atoms with Crippen molar-refractivity contribution in [2.24, 2.45) is 0 Å². The van der Waals surface area contributed by atoms with Crippen molar-refractivity contribution < 1.29 is 4.42 Å². The maximum absolute atomic E-state index is 6.93. The van der Waals surface area contributed by atoms with Crippen molar-refractivity contribution in [3.8, 4) is 78.7 Å². The van der Waals surface area contributed by atoms with Gasteiger partial charge in [0.15, 0.2) is 17.5 Å². The van der Waals surface area contributed by atoms with E-state index in [0.29, 0.717) is 17.5 Å². The van der Waals surface area contributed by atoms with Gasteiger partial charge >= 0.3 is 0 Å². The molecule has 0 fully saturated rings. The molecule has 0 spiro atoms. The van der Waals surface area contributed by atoms with E-state index in [9.17, 15) is 0 Å². The minimum atomic E-state index is 0.603. The van der Waals surface area contributed by atoms with Gasteiger partial charge in [-0.1, -0.05) is 188 Å². The first kappa shape index (κ1) is 32.2. The van der Waals surface area contributed by atoms with Gasteiger partial charge in [0.25, 0.3) is 0 Å². The van der Waals surface area contributed by atoms with Gasteiger partial charge in [0.2, 0.25) is 0 Å². The molecule has 0 bridgehead atoms. The molecule has 0 saturated heterocycles. The number of nitrogens with zero attached hydrogens (tertiary/aromatic N) is 3. The molecule has 0 amide bonds. The lowest BCUT2D eigenvalue weighted by Crippen LogP contribution is -2.03. The predicted molar refractivity (Wildman–Crippen MR) is 225 cm³/mol.